The minimum absolute atomic E-state index is 0.122. The van der Waals surface area contributed by atoms with Gasteiger partial charge >= 0.3 is 0 Å². The lowest BCUT2D eigenvalue weighted by atomic mass is 10.0. The molecule has 0 saturated carbocycles. The summed E-state index contributed by atoms with van der Waals surface area (Å²) in [7, 11) is 0. The second-order valence-electron chi connectivity index (χ2n) is 6.91. The maximum Gasteiger partial charge on any atom is 0.253 e. The van der Waals surface area contributed by atoms with Crippen molar-refractivity contribution in [2.75, 3.05) is 31.1 Å². The number of nitrogens with two attached hydrogens (primary N) is 2. The van der Waals surface area contributed by atoms with Crippen LogP contribution in [0.15, 0.2) is 24.3 Å². The van der Waals surface area contributed by atoms with Crippen molar-refractivity contribution in [2.45, 2.75) is 44.2 Å². The molecular formula is C18H28N4O. The van der Waals surface area contributed by atoms with Crippen molar-refractivity contribution in [3.8, 4) is 0 Å². The van der Waals surface area contributed by atoms with E-state index in [4.69, 9.17) is 11.5 Å². The molecule has 3 rings (SSSR count). The molecule has 5 heteroatoms. The number of amides is 1. The zero-order valence-electron chi connectivity index (χ0n) is 13.8. The normalized spacial score (nSPS) is 26.0. The average molecular weight is 316 g/mol. The molecule has 2 atom stereocenters. The first-order valence-electron chi connectivity index (χ1n) is 8.79. The molecule has 1 amide bonds. The van der Waals surface area contributed by atoms with Gasteiger partial charge in [-0.1, -0.05) is 12.8 Å². The van der Waals surface area contributed by atoms with Gasteiger partial charge in [-0.3, -0.25) is 4.79 Å². The van der Waals surface area contributed by atoms with Gasteiger partial charge in [0, 0.05) is 49.5 Å². The Hall–Kier alpha value is -1.59. The number of benzene rings is 1. The minimum Gasteiger partial charge on any atom is -0.368 e. The van der Waals surface area contributed by atoms with Crippen molar-refractivity contribution in [1.29, 1.82) is 0 Å². The monoisotopic (exact) mass is 316 g/mol. The molecule has 0 bridgehead atoms. The van der Waals surface area contributed by atoms with Gasteiger partial charge in [-0.25, -0.2) is 0 Å². The van der Waals surface area contributed by atoms with Gasteiger partial charge in [0.1, 0.15) is 0 Å². The van der Waals surface area contributed by atoms with E-state index in [-0.39, 0.29) is 18.0 Å². The second-order valence-corrected chi connectivity index (χ2v) is 6.91. The van der Waals surface area contributed by atoms with Crippen LogP contribution < -0.4 is 16.4 Å². The summed E-state index contributed by atoms with van der Waals surface area (Å²) >= 11 is 0. The SMILES string of the molecule is N[C@@H]1C[C@H](N)CN(c2ccc(C(=O)N3CCCCCC3)cc2)C1. The molecule has 5 nitrogen and oxygen atoms in total. The van der Waals surface area contributed by atoms with E-state index in [1.165, 1.54) is 12.8 Å². The first-order valence-corrected chi connectivity index (χ1v) is 8.79. The quantitative estimate of drug-likeness (QED) is 0.868. The summed E-state index contributed by atoms with van der Waals surface area (Å²) in [5, 5.41) is 0. The molecule has 1 aromatic carbocycles. The highest BCUT2D eigenvalue weighted by Crippen LogP contribution is 2.21. The van der Waals surface area contributed by atoms with E-state index in [0.29, 0.717) is 0 Å². The van der Waals surface area contributed by atoms with Crippen LogP contribution in [0.1, 0.15) is 42.5 Å². The smallest absolute Gasteiger partial charge is 0.253 e. The van der Waals surface area contributed by atoms with Crippen LogP contribution in [0.3, 0.4) is 0 Å². The van der Waals surface area contributed by atoms with Crippen LogP contribution in [0.4, 0.5) is 5.69 Å². The van der Waals surface area contributed by atoms with Gasteiger partial charge in [0.05, 0.1) is 0 Å². The van der Waals surface area contributed by atoms with Gasteiger partial charge in [-0.2, -0.15) is 0 Å². The number of likely N-dealkylation sites (tertiary alicyclic amines) is 1. The number of hydrogen-bond donors (Lipinski definition) is 2. The third kappa shape index (κ3) is 4.03. The number of piperidine rings is 1. The van der Waals surface area contributed by atoms with E-state index in [9.17, 15) is 4.79 Å². The molecule has 2 aliphatic heterocycles. The molecule has 2 heterocycles. The lowest BCUT2D eigenvalue weighted by molar-refractivity contribution is 0.0761. The van der Waals surface area contributed by atoms with Crippen LogP contribution >= 0.6 is 0 Å². The van der Waals surface area contributed by atoms with Gasteiger partial charge in [0.2, 0.25) is 0 Å². The number of carbonyl (C=O) groups is 1. The van der Waals surface area contributed by atoms with Crippen molar-refractivity contribution in [1.82, 2.24) is 4.90 Å². The van der Waals surface area contributed by atoms with Crippen molar-refractivity contribution in [3.05, 3.63) is 29.8 Å². The molecule has 1 aromatic rings. The largest absolute Gasteiger partial charge is 0.368 e. The van der Waals surface area contributed by atoms with E-state index in [0.717, 1.165) is 56.7 Å². The lowest BCUT2D eigenvalue weighted by Crippen LogP contribution is -2.52. The molecule has 0 spiro atoms. The van der Waals surface area contributed by atoms with E-state index >= 15 is 0 Å². The van der Waals surface area contributed by atoms with Crippen molar-refractivity contribution in [2.24, 2.45) is 11.5 Å². The Balaban J connectivity index is 1.67. The molecular weight excluding hydrogens is 288 g/mol. The summed E-state index contributed by atoms with van der Waals surface area (Å²) in [6, 6.07) is 8.17. The maximum absolute atomic E-state index is 12.6. The molecule has 0 unspecified atom stereocenters. The first kappa shape index (κ1) is 16.3. The van der Waals surface area contributed by atoms with E-state index < -0.39 is 0 Å². The fourth-order valence-electron chi connectivity index (χ4n) is 3.66. The summed E-state index contributed by atoms with van der Waals surface area (Å²) < 4.78 is 0. The zero-order chi connectivity index (χ0) is 16.2. The molecule has 23 heavy (non-hydrogen) atoms. The molecule has 4 N–H and O–H groups in total. The minimum atomic E-state index is 0.122. The standard InChI is InChI=1S/C18H28N4O/c19-15-11-16(20)13-22(12-15)17-7-5-14(6-8-17)18(23)21-9-3-1-2-4-10-21/h5-8,15-16H,1-4,9-13,19-20H2/t15-,16+. The maximum atomic E-state index is 12.6. The Morgan fingerprint density at radius 1 is 0.913 bits per heavy atom. The van der Waals surface area contributed by atoms with Crippen LogP contribution in [0.2, 0.25) is 0 Å². The Kier molecular flexibility index (Phi) is 5.18. The summed E-state index contributed by atoms with van der Waals surface area (Å²) in [5.41, 5.74) is 14.0. The number of anilines is 1. The van der Waals surface area contributed by atoms with E-state index in [2.05, 4.69) is 4.90 Å². The number of carbonyl (C=O) groups excluding carboxylic acids is 1. The van der Waals surface area contributed by atoms with Crippen LogP contribution in [-0.2, 0) is 0 Å². The van der Waals surface area contributed by atoms with Crippen LogP contribution in [0.5, 0.6) is 0 Å². The Morgan fingerprint density at radius 2 is 1.48 bits per heavy atom. The van der Waals surface area contributed by atoms with Crippen LogP contribution in [-0.4, -0.2) is 49.1 Å². The van der Waals surface area contributed by atoms with Crippen LogP contribution in [0, 0.1) is 0 Å². The molecule has 126 valence electrons. The second kappa shape index (κ2) is 7.32. The van der Waals surface area contributed by atoms with Gasteiger partial charge in [-0.05, 0) is 43.5 Å². The van der Waals surface area contributed by atoms with Gasteiger partial charge in [0.15, 0.2) is 0 Å². The summed E-state index contributed by atoms with van der Waals surface area (Å²) in [4.78, 5) is 16.8. The summed E-state index contributed by atoms with van der Waals surface area (Å²) in [6.07, 6.45) is 5.58. The average Bonchev–Trinajstić information content (AvgIpc) is 2.83. The van der Waals surface area contributed by atoms with Crippen molar-refractivity contribution >= 4 is 11.6 Å². The molecule has 0 radical (unpaired) electrons. The highest BCUT2D eigenvalue weighted by Gasteiger charge is 2.23. The molecule has 0 aromatic heterocycles. The molecule has 2 fully saturated rings. The molecule has 2 saturated heterocycles. The number of nitrogens with zero attached hydrogens (tertiary/aromatic N) is 2. The van der Waals surface area contributed by atoms with Gasteiger partial charge in [-0.15, -0.1) is 0 Å². The van der Waals surface area contributed by atoms with Gasteiger partial charge < -0.3 is 21.3 Å². The van der Waals surface area contributed by atoms with Crippen LogP contribution in [0.25, 0.3) is 0 Å². The third-order valence-electron chi connectivity index (χ3n) is 4.89. The topological polar surface area (TPSA) is 75.6 Å². The van der Waals surface area contributed by atoms with E-state index in [1.807, 2.05) is 29.2 Å². The van der Waals surface area contributed by atoms with Crippen molar-refractivity contribution < 1.29 is 4.79 Å². The fraction of sp³-hybridized carbons (Fsp3) is 0.611. The number of rotatable bonds is 2. The van der Waals surface area contributed by atoms with Gasteiger partial charge in [0.25, 0.3) is 5.91 Å². The Morgan fingerprint density at radius 3 is 2.04 bits per heavy atom. The predicted octanol–water partition coefficient (Wildman–Crippen LogP) is 1.57. The number of hydrogen-bond acceptors (Lipinski definition) is 4. The Bertz CT molecular complexity index is 512. The summed E-state index contributed by atoms with van der Waals surface area (Å²) in [5.74, 6) is 0.158. The Labute approximate surface area is 138 Å². The third-order valence-corrected chi connectivity index (χ3v) is 4.89. The van der Waals surface area contributed by atoms with E-state index in [1.54, 1.807) is 0 Å². The zero-order valence-corrected chi connectivity index (χ0v) is 13.8. The fourth-order valence-corrected chi connectivity index (χ4v) is 3.66. The highest BCUT2D eigenvalue weighted by molar-refractivity contribution is 5.94. The molecule has 0 aliphatic carbocycles. The highest BCUT2D eigenvalue weighted by atomic mass is 16.2. The first-order chi connectivity index (χ1) is 11.1. The molecule has 2 aliphatic rings. The summed E-state index contributed by atoms with van der Waals surface area (Å²) in [6.45, 7) is 3.42. The lowest BCUT2D eigenvalue weighted by Gasteiger charge is -2.36. The predicted molar refractivity (Wildman–Crippen MR) is 93.6 cm³/mol. The van der Waals surface area contributed by atoms with Crippen molar-refractivity contribution in [3.63, 3.8) is 0 Å².